The average molecular weight is 600 g/mol. The Morgan fingerprint density at radius 1 is 0.532 bits per heavy atom. The van der Waals surface area contributed by atoms with Gasteiger partial charge in [0.2, 0.25) is 0 Å². The summed E-state index contributed by atoms with van der Waals surface area (Å²) in [6.07, 6.45) is 3.91. The van der Waals surface area contributed by atoms with Gasteiger partial charge >= 0.3 is 12.4 Å². The minimum Gasteiger partial charge on any atom is -0.303 e. The molecule has 9 aromatic rings. The molecule has 3 aromatic heterocycles. The molecule has 10 rings (SSSR count). The van der Waals surface area contributed by atoms with Crippen molar-refractivity contribution in [2.45, 2.75) is 6.92 Å². The van der Waals surface area contributed by atoms with Crippen molar-refractivity contribution in [1.29, 1.82) is 0 Å². The molecule has 1 aliphatic rings. The molecule has 0 saturated heterocycles. The first kappa shape index (κ1) is 25.9. The van der Waals surface area contributed by atoms with Crippen LogP contribution in [0.3, 0.4) is 0 Å². The summed E-state index contributed by atoms with van der Waals surface area (Å²) in [4.78, 5) is 10.3. The lowest BCUT2D eigenvalue weighted by Gasteiger charge is -2.14. The predicted octanol–water partition coefficient (Wildman–Crippen LogP) is 9.55. The Balaban J connectivity index is 1.02. The van der Waals surface area contributed by atoms with Crippen molar-refractivity contribution < 1.29 is 0 Å². The van der Waals surface area contributed by atoms with E-state index in [2.05, 4.69) is 137 Å². The fourth-order valence-electron chi connectivity index (χ4n) is 7.38. The van der Waals surface area contributed by atoms with Gasteiger partial charge < -0.3 is 4.57 Å². The van der Waals surface area contributed by atoms with Gasteiger partial charge in [0.25, 0.3) is 0 Å². The molecule has 4 heterocycles. The Labute approximate surface area is 271 Å². The zero-order valence-corrected chi connectivity index (χ0v) is 25.6. The first-order valence-electron chi connectivity index (χ1n) is 15.9. The minimum absolute atomic E-state index is 0.850. The summed E-state index contributed by atoms with van der Waals surface area (Å²) < 4.78 is 6.74. The monoisotopic (exact) mass is 599 g/mol. The molecular formula is C43H27N4+. The summed E-state index contributed by atoms with van der Waals surface area (Å²) in [5.74, 6) is 0. The maximum atomic E-state index is 5.17. The lowest BCUT2D eigenvalue weighted by Crippen LogP contribution is -1.99. The second kappa shape index (κ2) is 9.82. The zero-order chi connectivity index (χ0) is 31.1. The molecule has 6 aromatic carbocycles. The van der Waals surface area contributed by atoms with Gasteiger partial charge in [-0.25, -0.2) is 9.97 Å². The van der Waals surface area contributed by atoms with Gasteiger partial charge in [0.05, 0.1) is 33.9 Å². The second-order valence-corrected chi connectivity index (χ2v) is 12.4. The van der Waals surface area contributed by atoms with Crippen molar-refractivity contribution in [3.63, 3.8) is 0 Å². The average Bonchev–Trinajstić information content (AvgIpc) is 3.72. The normalized spacial score (nSPS) is 12.3. The van der Waals surface area contributed by atoms with Crippen LogP contribution >= 0.6 is 0 Å². The molecule has 0 aliphatic carbocycles. The highest BCUT2D eigenvalue weighted by atomic mass is 15.0. The van der Waals surface area contributed by atoms with Crippen molar-refractivity contribution in [1.82, 2.24) is 19.2 Å². The molecule has 0 N–H and O–H groups in total. The largest absolute Gasteiger partial charge is 0.317 e. The number of aryl methyl sites for hydroxylation is 1. The van der Waals surface area contributed by atoms with Crippen molar-refractivity contribution >= 4 is 55.6 Å². The molecule has 0 amide bonds. The van der Waals surface area contributed by atoms with E-state index >= 15 is 0 Å². The molecule has 0 fully saturated rings. The van der Waals surface area contributed by atoms with Crippen molar-refractivity contribution in [3.05, 3.63) is 150 Å². The third-order valence-electron chi connectivity index (χ3n) is 9.59. The van der Waals surface area contributed by atoms with Gasteiger partial charge in [0.1, 0.15) is 5.69 Å². The van der Waals surface area contributed by atoms with E-state index in [9.17, 15) is 0 Å². The van der Waals surface area contributed by atoms with Crippen LogP contribution in [0, 0.1) is 6.92 Å². The molecule has 218 valence electrons. The Hall–Kier alpha value is -6.35. The topological polar surface area (TPSA) is 44.8 Å². The minimum atomic E-state index is 0.850. The van der Waals surface area contributed by atoms with Crippen molar-refractivity contribution in [2.24, 2.45) is 0 Å². The molecule has 1 aliphatic heterocycles. The van der Waals surface area contributed by atoms with Crippen LogP contribution in [0.25, 0.3) is 82.8 Å². The number of hydrogen-bond donors (Lipinski definition) is 0. The molecule has 4 heteroatoms. The zero-order valence-electron chi connectivity index (χ0n) is 25.6. The second-order valence-electron chi connectivity index (χ2n) is 12.4. The van der Waals surface area contributed by atoms with Crippen LogP contribution in [0.5, 0.6) is 0 Å². The summed E-state index contributed by atoms with van der Waals surface area (Å²) in [5, 5.41) is 8.85. The highest BCUT2D eigenvalue weighted by Crippen LogP contribution is 2.39. The third-order valence-corrected chi connectivity index (χ3v) is 9.59. The highest BCUT2D eigenvalue weighted by molar-refractivity contribution is 6.25. The Bertz CT molecular complexity index is 2760. The Morgan fingerprint density at radius 3 is 2.00 bits per heavy atom. The van der Waals surface area contributed by atoms with Crippen LogP contribution < -0.4 is 4.67 Å². The van der Waals surface area contributed by atoms with E-state index in [1.165, 1.54) is 54.3 Å². The van der Waals surface area contributed by atoms with Gasteiger partial charge in [-0.15, -0.1) is 0 Å². The van der Waals surface area contributed by atoms with Crippen LogP contribution in [-0.2, 0) is 0 Å². The van der Waals surface area contributed by atoms with Gasteiger partial charge in [-0.1, -0.05) is 95.2 Å². The van der Waals surface area contributed by atoms with Gasteiger partial charge in [0.15, 0.2) is 0 Å². The number of rotatable bonds is 4. The number of fused-ring (bicyclic) bond motifs is 3. The van der Waals surface area contributed by atoms with Crippen LogP contribution in [-0.4, -0.2) is 27.0 Å². The van der Waals surface area contributed by atoms with Crippen LogP contribution in [0.2, 0.25) is 0 Å². The standard InChI is InChI=1S/C43H27N4/c1-26-11-22-40-34(23-26)35-24-44-25-41(35)47(40)31-18-14-27(15-19-31)36-7-3-9-38(45-36)39-10-4-8-37(46-39)32-20-16-30-13-12-28-5-2-6-29-17-21-33(32)43(30)42(28)29/h2-25H,1H3/q+1. The first-order chi connectivity index (χ1) is 23.2. The third kappa shape index (κ3) is 3.93. The molecule has 0 radical (unpaired) electrons. The van der Waals surface area contributed by atoms with E-state index in [1.54, 1.807) is 0 Å². The maximum absolute atomic E-state index is 5.17. The van der Waals surface area contributed by atoms with Crippen molar-refractivity contribution in [2.75, 3.05) is 0 Å². The number of pyridine rings is 2. The summed E-state index contributed by atoms with van der Waals surface area (Å²) in [6.45, 7) is 2.13. The predicted molar refractivity (Wildman–Crippen MR) is 196 cm³/mol. The Morgan fingerprint density at radius 2 is 1.19 bits per heavy atom. The number of nitrogens with zero attached hydrogens (tertiary/aromatic N) is 4. The number of hydrogen-bond acceptors (Lipinski definition) is 2. The summed E-state index contributed by atoms with van der Waals surface area (Å²) in [5.41, 5.74) is 11.6. The summed E-state index contributed by atoms with van der Waals surface area (Å²) in [6, 6.07) is 47.5. The van der Waals surface area contributed by atoms with E-state index in [4.69, 9.17) is 9.97 Å². The van der Waals surface area contributed by atoms with Crippen LogP contribution in [0.1, 0.15) is 16.8 Å². The molecule has 47 heavy (non-hydrogen) atoms. The summed E-state index contributed by atoms with van der Waals surface area (Å²) >= 11 is 0. The molecular weight excluding hydrogens is 573 g/mol. The Kier molecular flexibility index (Phi) is 5.42. The van der Waals surface area contributed by atoms with E-state index in [0.29, 0.717) is 0 Å². The van der Waals surface area contributed by atoms with E-state index in [0.717, 1.165) is 45.3 Å². The van der Waals surface area contributed by atoms with Crippen LogP contribution in [0.15, 0.2) is 133 Å². The molecule has 4 nitrogen and oxygen atoms in total. The fraction of sp³-hybridized carbons (Fsp3) is 0.0233. The number of benzene rings is 6. The van der Waals surface area contributed by atoms with E-state index < -0.39 is 0 Å². The van der Waals surface area contributed by atoms with Gasteiger partial charge in [0, 0.05) is 22.2 Å². The quantitative estimate of drug-likeness (QED) is 0.149. The van der Waals surface area contributed by atoms with Gasteiger partial charge in [-0.3, -0.25) is 0 Å². The number of aromatic nitrogens is 3. The SMILES string of the molecule is Cc1ccc2c(c1)c1c(n2-c2ccc(-c3cccc(-c4cccc(-c5ccc6ccc7cccc8ccc5c6c78)n4)n3)cc2)C=[N+]=C1. The maximum Gasteiger partial charge on any atom is 0.317 e. The van der Waals surface area contributed by atoms with Crippen LogP contribution in [0.4, 0.5) is 0 Å². The van der Waals surface area contributed by atoms with Gasteiger partial charge in [-0.2, -0.15) is 0 Å². The lowest BCUT2D eigenvalue weighted by molar-refractivity contribution is 1.11. The van der Waals surface area contributed by atoms with E-state index in [-0.39, 0.29) is 0 Å². The molecule has 0 bridgehead atoms. The summed E-state index contributed by atoms with van der Waals surface area (Å²) in [7, 11) is 0. The highest BCUT2D eigenvalue weighted by Gasteiger charge is 2.24. The fourth-order valence-corrected chi connectivity index (χ4v) is 7.38. The van der Waals surface area contributed by atoms with Gasteiger partial charge in [-0.05, 0) is 87.8 Å². The first-order valence-corrected chi connectivity index (χ1v) is 15.9. The molecule has 0 unspecified atom stereocenters. The molecule has 0 atom stereocenters. The van der Waals surface area contributed by atoms with Crippen molar-refractivity contribution in [3.8, 4) is 39.6 Å². The smallest absolute Gasteiger partial charge is 0.303 e. The molecule has 0 spiro atoms. The lowest BCUT2D eigenvalue weighted by atomic mass is 9.91. The van der Waals surface area contributed by atoms with E-state index in [1.807, 2.05) is 24.6 Å². The molecule has 0 saturated carbocycles.